The smallest absolute Gasteiger partial charge is 0.191 e. The number of ether oxygens (including phenoxy) is 2. The van der Waals surface area contributed by atoms with Gasteiger partial charge in [-0.15, -0.1) is 0 Å². The van der Waals surface area contributed by atoms with Crippen LogP contribution in [0.5, 0.6) is 11.5 Å². The molecule has 0 aliphatic carbocycles. The number of benzene rings is 1. The Morgan fingerprint density at radius 3 is 2.45 bits per heavy atom. The second-order valence-electron chi connectivity index (χ2n) is 5.99. The molecule has 0 fully saturated rings. The summed E-state index contributed by atoms with van der Waals surface area (Å²) >= 11 is 0. The molecule has 22 heavy (non-hydrogen) atoms. The van der Waals surface area contributed by atoms with Gasteiger partial charge in [0.2, 0.25) is 0 Å². The molecule has 0 aliphatic heterocycles. The van der Waals surface area contributed by atoms with Gasteiger partial charge in [0.05, 0.1) is 20.3 Å². The molecule has 1 rings (SSSR count). The summed E-state index contributed by atoms with van der Waals surface area (Å²) in [5.41, 5.74) is 1.05. The maximum absolute atomic E-state index is 5.60. The standard InChI is InChI=1S/C17H29N3O2/c1-7-18-16(20-17(3,4)5)19-12-13-9-10-14(21-6)15(11-13)22-8-2/h9-11H,7-8,12H2,1-6H3,(H2,18,19,20). The Morgan fingerprint density at radius 1 is 1.18 bits per heavy atom. The minimum absolute atomic E-state index is 0.0304. The highest BCUT2D eigenvalue weighted by molar-refractivity contribution is 5.80. The maximum atomic E-state index is 5.60. The van der Waals surface area contributed by atoms with Crippen molar-refractivity contribution < 1.29 is 9.47 Å². The minimum Gasteiger partial charge on any atom is -0.493 e. The summed E-state index contributed by atoms with van der Waals surface area (Å²) in [6.07, 6.45) is 0. The zero-order chi connectivity index (χ0) is 16.6. The van der Waals surface area contributed by atoms with Crippen LogP contribution in [0.3, 0.4) is 0 Å². The molecule has 0 spiro atoms. The average Bonchev–Trinajstić information content (AvgIpc) is 2.44. The minimum atomic E-state index is -0.0304. The van der Waals surface area contributed by atoms with E-state index in [-0.39, 0.29) is 5.54 Å². The topological polar surface area (TPSA) is 54.9 Å². The van der Waals surface area contributed by atoms with Crippen molar-refractivity contribution in [2.45, 2.75) is 46.7 Å². The molecule has 0 unspecified atom stereocenters. The molecule has 1 aromatic rings. The number of rotatable bonds is 6. The van der Waals surface area contributed by atoms with E-state index in [0.717, 1.165) is 29.6 Å². The van der Waals surface area contributed by atoms with Gasteiger partial charge in [-0.05, 0) is 52.3 Å². The second kappa shape index (κ2) is 8.51. The van der Waals surface area contributed by atoms with Crippen LogP contribution in [0, 0.1) is 0 Å². The lowest BCUT2D eigenvalue weighted by Crippen LogP contribution is -2.47. The molecule has 0 saturated heterocycles. The van der Waals surface area contributed by atoms with Gasteiger partial charge >= 0.3 is 0 Å². The van der Waals surface area contributed by atoms with Gasteiger partial charge in [-0.1, -0.05) is 6.07 Å². The van der Waals surface area contributed by atoms with Gasteiger partial charge in [-0.25, -0.2) is 4.99 Å². The molecule has 0 aliphatic rings. The first-order valence-electron chi connectivity index (χ1n) is 7.75. The van der Waals surface area contributed by atoms with Crippen molar-refractivity contribution in [1.82, 2.24) is 10.6 Å². The molecule has 0 atom stereocenters. The van der Waals surface area contributed by atoms with Crippen LogP contribution in [-0.4, -0.2) is 31.8 Å². The van der Waals surface area contributed by atoms with Gasteiger partial charge < -0.3 is 20.1 Å². The Morgan fingerprint density at radius 2 is 1.91 bits per heavy atom. The average molecular weight is 307 g/mol. The van der Waals surface area contributed by atoms with E-state index in [2.05, 4.69) is 43.3 Å². The third-order valence-corrected chi connectivity index (χ3v) is 2.79. The van der Waals surface area contributed by atoms with Crippen LogP contribution in [0.25, 0.3) is 0 Å². The summed E-state index contributed by atoms with van der Waals surface area (Å²) in [6.45, 7) is 12.4. The molecule has 0 bridgehead atoms. The molecule has 1 aromatic carbocycles. The summed E-state index contributed by atoms with van der Waals surface area (Å²) in [6, 6.07) is 5.90. The number of aliphatic imine (C=N–C) groups is 1. The van der Waals surface area contributed by atoms with Crippen molar-refractivity contribution in [3.63, 3.8) is 0 Å². The van der Waals surface area contributed by atoms with E-state index in [1.54, 1.807) is 7.11 Å². The Labute approximate surface area is 134 Å². The summed E-state index contributed by atoms with van der Waals surface area (Å²) in [7, 11) is 1.65. The van der Waals surface area contributed by atoms with Gasteiger partial charge in [0.15, 0.2) is 17.5 Å². The summed E-state index contributed by atoms with van der Waals surface area (Å²) in [4.78, 5) is 4.62. The number of hydrogen-bond acceptors (Lipinski definition) is 3. The SMILES string of the molecule is CCNC(=NCc1ccc(OC)c(OCC)c1)NC(C)(C)C. The number of guanidine groups is 1. The van der Waals surface area contributed by atoms with Crippen molar-refractivity contribution in [2.75, 3.05) is 20.3 Å². The van der Waals surface area contributed by atoms with E-state index in [4.69, 9.17) is 9.47 Å². The molecular formula is C17H29N3O2. The zero-order valence-corrected chi connectivity index (χ0v) is 14.6. The first-order chi connectivity index (χ1) is 10.4. The quantitative estimate of drug-likeness (QED) is 0.627. The molecule has 0 saturated carbocycles. The van der Waals surface area contributed by atoms with Crippen LogP contribution >= 0.6 is 0 Å². The molecule has 0 heterocycles. The van der Waals surface area contributed by atoms with Gasteiger partial charge in [-0.2, -0.15) is 0 Å². The van der Waals surface area contributed by atoms with Gasteiger partial charge in [0.1, 0.15) is 0 Å². The van der Waals surface area contributed by atoms with Crippen molar-refractivity contribution in [1.29, 1.82) is 0 Å². The van der Waals surface area contributed by atoms with Crippen LogP contribution in [0.1, 0.15) is 40.2 Å². The summed E-state index contributed by atoms with van der Waals surface area (Å²) < 4.78 is 10.9. The first kappa shape index (κ1) is 18.1. The van der Waals surface area contributed by atoms with E-state index in [1.165, 1.54) is 0 Å². The third-order valence-electron chi connectivity index (χ3n) is 2.79. The van der Waals surface area contributed by atoms with Gasteiger partial charge in [0.25, 0.3) is 0 Å². The highest BCUT2D eigenvalue weighted by Crippen LogP contribution is 2.28. The molecular weight excluding hydrogens is 278 g/mol. The van der Waals surface area contributed by atoms with Crippen LogP contribution in [0.2, 0.25) is 0 Å². The maximum Gasteiger partial charge on any atom is 0.191 e. The largest absolute Gasteiger partial charge is 0.493 e. The predicted molar refractivity (Wildman–Crippen MR) is 91.9 cm³/mol. The normalized spacial score (nSPS) is 12.0. The van der Waals surface area contributed by atoms with E-state index in [0.29, 0.717) is 13.2 Å². The number of nitrogens with zero attached hydrogens (tertiary/aromatic N) is 1. The molecule has 0 radical (unpaired) electrons. The molecule has 124 valence electrons. The van der Waals surface area contributed by atoms with Crippen molar-refractivity contribution in [3.05, 3.63) is 23.8 Å². The van der Waals surface area contributed by atoms with Crippen molar-refractivity contribution in [3.8, 4) is 11.5 Å². The molecule has 5 heteroatoms. The van der Waals surface area contributed by atoms with E-state index in [9.17, 15) is 0 Å². The van der Waals surface area contributed by atoms with Crippen LogP contribution in [-0.2, 0) is 6.54 Å². The summed E-state index contributed by atoms with van der Waals surface area (Å²) in [5, 5.41) is 6.63. The van der Waals surface area contributed by atoms with Crippen molar-refractivity contribution in [2.24, 2.45) is 4.99 Å². The fraction of sp³-hybridized carbons (Fsp3) is 0.588. The van der Waals surface area contributed by atoms with Crippen LogP contribution in [0.4, 0.5) is 0 Å². The molecule has 2 N–H and O–H groups in total. The number of methoxy groups -OCH3 is 1. The Bertz CT molecular complexity index is 493. The number of hydrogen-bond donors (Lipinski definition) is 2. The summed E-state index contributed by atoms with van der Waals surface area (Å²) in [5.74, 6) is 2.31. The molecule has 0 aromatic heterocycles. The molecule has 0 amide bonds. The Hall–Kier alpha value is -1.91. The lowest BCUT2D eigenvalue weighted by atomic mass is 10.1. The zero-order valence-electron chi connectivity index (χ0n) is 14.6. The highest BCUT2D eigenvalue weighted by atomic mass is 16.5. The Balaban J connectivity index is 2.87. The molecule has 5 nitrogen and oxygen atoms in total. The monoisotopic (exact) mass is 307 g/mol. The fourth-order valence-corrected chi connectivity index (χ4v) is 1.92. The van der Waals surface area contributed by atoms with E-state index < -0.39 is 0 Å². The first-order valence-corrected chi connectivity index (χ1v) is 7.75. The fourth-order valence-electron chi connectivity index (χ4n) is 1.92. The highest BCUT2D eigenvalue weighted by Gasteiger charge is 2.11. The van der Waals surface area contributed by atoms with E-state index >= 15 is 0 Å². The predicted octanol–water partition coefficient (Wildman–Crippen LogP) is 2.95. The van der Waals surface area contributed by atoms with Crippen LogP contribution < -0.4 is 20.1 Å². The van der Waals surface area contributed by atoms with Gasteiger partial charge in [0, 0.05) is 12.1 Å². The third kappa shape index (κ3) is 6.24. The second-order valence-corrected chi connectivity index (χ2v) is 5.99. The van der Waals surface area contributed by atoms with Crippen LogP contribution in [0.15, 0.2) is 23.2 Å². The van der Waals surface area contributed by atoms with Crippen molar-refractivity contribution >= 4 is 5.96 Å². The van der Waals surface area contributed by atoms with E-state index in [1.807, 2.05) is 25.1 Å². The Kier molecular flexibility index (Phi) is 7.02. The number of nitrogens with one attached hydrogen (secondary N) is 2. The lowest BCUT2D eigenvalue weighted by molar-refractivity contribution is 0.310. The lowest BCUT2D eigenvalue weighted by Gasteiger charge is -2.23. The van der Waals surface area contributed by atoms with Gasteiger partial charge in [-0.3, -0.25) is 0 Å².